The minimum absolute atomic E-state index is 0.0514. The number of nitrogens with zero attached hydrogens (tertiary/aromatic N) is 3. The molecular weight excluding hydrogens is 338 g/mol. The Morgan fingerprint density at radius 1 is 0.926 bits per heavy atom. The van der Waals surface area contributed by atoms with Crippen LogP contribution in [0.2, 0.25) is 0 Å². The van der Waals surface area contributed by atoms with Gasteiger partial charge in [-0.1, -0.05) is 17.2 Å². The highest BCUT2D eigenvalue weighted by atomic mass is 16.2. The number of hydrogen-bond donors (Lipinski definition) is 0. The zero-order valence-corrected chi connectivity index (χ0v) is 17.2. The predicted octanol–water partition coefficient (Wildman–Crippen LogP) is 2.71. The molecule has 2 aliphatic heterocycles. The van der Waals surface area contributed by atoms with Gasteiger partial charge in [-0.3, -0.25) is 9.59 Å². The minimum Gasteiger partial charge on any atom is -0.342 e. The average Bonchev–Trinajstić information content (AvgIpc) is 2.66. The van der Waals surface area contributed by atoms with Crippen LogP contribution < -0.4 is 0 Å². The lowest BCUT2D eigenvalue weighted by Crippen LogP contribution is -2.50. The Balaban J connectivity index is 1.62. The highest BCUT2D eigenvalue weighted by Gasteiger charge is 2.33. The van der Waals surface area contributed by atoms with Gasteiger partial charge in [0.05, 0.1) is 5.92 Å². The van der Waals surface area contributed by atoms with Crippen molar-refractivity contribution in [2.75, 3.05) is 40.3 Å². The Labute approximate surface area is 163 Å². The molecule has 148 valence electrons. The molecule has 2 amide bonds. The van der Waals surface area contributed by atoms with E-state index in [0.717, 1.165) is 62.0 Å². The van der Waals surface area contributed by atoms with E-state index < -0.39 is 0 Å². The Hall–Kier alpha value is -1.88. The zero-order chi connectivity index (χ0) is 19.6. The van der Waals surface area contributed by atoms with Crippen molar-refractivity contribution in [3.8, 4) is 0 Å². The van der Waals surface area contributed by atoms with Crippen LogP contribution in [0, 0.1) is 19.8 Å². The van der Waals surface area contributed by atoms with Crippen molar-refractivity contribution in [2.45, 2.75) is 45.6 Å². The fourth-order valence-corrected chi connectivity index (χ4v) is 4.50. The van der Waals surface area contributed by atoms with Crippen LogP contribution >= 0.6 is 0 Å². The van der Waals surface area contributed by atoms with E-state index in [0.29, 0.717) is 12.6 Å². The van der Waals surface area contributed by atoms with Crippen LogP contribution in [0.3, 0.4) is 0 Å². The largest absolute Gasteiger partial charge is 0.342 e. The summed E-state index contributed by atoms with van der Waals surface area (Å²) in [6.07, 6.45) is 3.87. The Morgan fingerprint density at radius 3 is 2.15 bits per heavy atom. The summed E-state index contributed by atoms with van der Waals surface area (Å²) in [5, 5.41) is 0. The quantitative estimate of drug-likeness (QED) is 0.821. The second kappa shape index (κ2) is 8.42. The first kappa shape index (κ1) is 19.9. The van der Waals surface area contributed by atoms with E-state index in [1.807, 2.05) is 35.8 Å². The molecule has 3 rings (SSSR count). The van der Waals surface area contributed by atoms with E-state index in [1.54, 1.807) is 0 Å². The molecule has 2 fully saturated rings. The molecule has 0 bridgehead atoms. The fraction of sp³-hybridized carbons (Fsp3) is 0.636. The Bertz CT molecular complexity index is 673. The molecule has 1 unspecified atom stereocenters. The third-order valence-electron chi connectivity index (χ3n) is 6.03. The highest BCUT2D eigenvalue weighted by Crippen LogP contribution is 2.24. The number of aryl methyl sites for hydroxylation is 2. The second-order valence-electron chi connectivity index (χ2n) is 8.49. The van der Waals surface area contributed by atoms with Gasteiger partial charge >= 0.3 is 0 Å². The molecule has 1 atom stereocenters. The fourth-order valence-electron chi connectivity index (χ4n) is 4.50. The van der Waals surface area contributed by atoms with Crippen LogP contribution in [0.1, 0.15) is 47.2 Å². The van der Waals surface area contributed by atoms with Crippen LogP contribution in [0.5, 0.6) is 0 Å². The molecule has 5 heteroatoms. The number of likely N-dealkylation sites (tertiary alicyclic amines) is 2. The maximum Gasteiger partial charge on any atom is 0.253 e. The lowest BCUT2D eigenvalue weighted by molar-refractivity contribution is -0.138. The van der Waals surface area contributed by atoms with Crippen molar-refractivity contribution >= 4 is 11.8 Å². The van der Waals surface area contributed by atoms with Crippen LogP contribution in [-0.2, 0) is 4.79 Å². The summed E-state index contributed by atoms with van der Waals surface area (Å²) in [6.45, 7) is 7.01. The lowest BCUT2D eigenvalue weighted by Gasteiger charge is -2.39. The molecule has 0 radical (unpaired) electrons. The number of piperidine rings is 2. The minimum atomic E-state index is -0.0514. The van der Waals surface area contributed by atoms with E-state index in [9.17, 15) is 9.59 Å². The van der Waals surface area contributed by atoms with Gasteiger partial charge in [0, 0.05) is 37.8 Å². The van der Waals surface area contributed by atoms with Gasteiger partial charge in [0.25, 0.3) is 5.91 Å². The molecule has 0 saturated carbocycles. The summed E-state index contributed by atoms with van der Waals surface area (Å²) >= 11 is 0. The maximum atomic E-state index is 13.0. The van der Waals surface area contributed by atoms with E-state index in [2.05, 4.69) is 25.1 Å². The molecule has 1 aromatic carbocycles. The van der Waals surface area contributed by atoms with Gasteiger partial charge in [-0.2, -0.15) is 0 Å². The Morgan fingerprint density at radius 2 is 1.56 bits per heavy atom. The lowest BCUT2D eigenvalue weighted by atomic mass is 9.94. The van der Waals surface area contributed by atoms with Gasteiger partial charge < -0.3 is 14.7 Å². The normalized spacial score (nSPS) is 21.6. The third kappa shape index (κ3) is 4.70. The van der Waals surface area contributed by atoms with Gasteiger partial charge in [-0.25, -0.2) is 0 Å². The van der Waals surface area contributed by atoms with E-state index in [-0.39, 0.29) is 17.7 Å². The number of rotatable bonds is 3. The molecule has 0 aromatic heterocycles. The SMILES string of the molecule is Cc1cc(C)cc(C(=O)N2CCCC(C(=O)N3CCC(N(C)C)CC3)C2)c1. The van der Waals surface area contributed by atoms with Crippen molar-refractivity contribution in [2.24, 2.45) is 5.92 Å². The summed E-state index contributed by atoms with van der Waals surface area (Å²) in [5.41, 5.74) is 2.95. The molecule has 5 nitrogen and oxygen atoms in total. The Kier molecular flexibility index (Phi) is 6.20. The predicted molar refractivity (Wildman–Crippen MR) is 108 cm³/mol. The molecule has 0 aliphatic carbocycles. The summed E-state index contributed by atoms with van der Waals surface area (Å²) in [6, 6.07) is 6.55. The molecular formula is C22H33N3O2. The van der Waals surface area contributed by atoms with E-state index in [1.165, 1.54) is 0 Å². The van der Waals surface area contributed by atoms with Crippen LogP contribution in [0.4, 0.5) is 0 Å². The van der Waals surface area contributed by atoms with Crippen molar-refractivity contribution in [3.63, 3.8) is 0 Å². The zero-order valence-electron chi connectivity index (χ0n) is 17.2. The maximum absolute atomic E-state index is 13.0. The molecule has 2 saturated heterocycles. The number of amides is 2. The van der Waals surface area contributed by atoms with E-state index in [4.69, 9.17) is 0 Å². The topological polar surface area (TPSA) is 43.9 Å². The smallest absolute Gasteiger partial charge is 0.253 e. The molecule has 2 heterocycles. The van der Waals surface area contributed by atoms with Crippen LogP contribution in [0.15, 0.2) is 18.2 Å². The summed E-state index contributed by atoms with van der Waals surface area (Å²) in [7, 11) is 4.22. The highest BCUT2D eigenvalue weighted by molar-refractivity contribution is 5.95. The standard InChI is InChI=1S/C22H33N3O2/c1-16-12-17(2)14-19(13-16)22(27)25-9-5-6-18(15-25)21(26)24-10-7-20(8-11-24)23(3)4/h12-14,18,20H,5-11,15H2,1-4H3. The molecule has 27 heavy (non-hydrogen) atoms. The summed E-state index contributed by atoms with van der Waals surface area (Å²) in [4.78, 5) is 32.1. The van der Waals surface area contributed by atoms with Gasteiger partial charge in [-0.05, 0) is 65.8 Å². The van der Waals surface area contributed by atoms with Crippen LogP contribution in [-0.4, -0.2) is 72.8 Å². The number of carbonyl (C=O) groups is 2. The molecule has 0 N–H and O–H groups in total. The second-order valence-corrected chi connectivity index (χ2v) is 8.49. The summed E-state index contributed by atoms with van der Waals surface area (Å²) in [5.74, 6) is 0.250. The van der Waals surface area contributed by atoms with Gasteiger partial charge in [0.15, 0.2) is 0 Å². The van der Waals surface area contributed by atoms with Gasteiger partial charge in [0.2, 0.25) is 5.91 Å². The average molecular weight is 372 g/mol. The number of hydrogen-bond acceptors (Lipinski definition) is 3. The number of carbonyl (C=O) groups excluding carboxylic acids is 2. The third-order valence-corrected chi connectivity index (χ3v) is 6.03. The van der Waals surface area contributed by atoms with Gasteiger partial charge in [-0.15, -0.1) is 0 Å². The van der Waals surface area contributed by atoms with Crippen molar-refractivity contribution in [3.05, 3.63) is 34.9 Å². The summed E-state index contributed by atoms with van der Waals surface area (Å²) < 4.78 is 0. The number of benzene rings is 1. The van der Waals surface area contributed by atoms with Crippen LogP contribution in [0.25, 0.3) is 0 Å². The van der Waals surface area contributed by atoms with Crippen molar-refractivity contribution in [1.82, 2.24) is 14.7 Å². The van der Waals surface area contributed by atoms with Crippen molar-refractivity contribution in [1.29, 1.82) is 0 Å². The molecule has 0 spiro atoms. The van der Waals surface area contributed by atoms with Crippen molar-refractivity contribution < 1.29 is 9.59 Å². The first-order valence-electron chi connectivity index (χ1n) is 10.2. The monoisotopic (exact) mass is 371 g/mol. The molecule has 2 aliphatic rings. The first-order valence-corrected chi connectivity index (χ1v) is 10.2. The van der Waals surface area contributed by atoms with Gasteiger partial charge in [0.1, 0.15) is 0 Å². The molecule has 1 aromatic rings. The first-order chi connectivity index (χ1) is 12.8. The van der Waals surface area contributed by atoms with E-state index >= 15 is 0 Å².